The molecular formula is C21H26ClNO4. The molecule has 0 aliphatic rings. The van der Waals surface area contributed by atoms with E-state index in [4.69, 9.17) is 21.1 Å². The van der Waals surface area contributed by atoms with Crippen LogP contribution >= 0.6 is 11.6 Å². The molecular weight excluding hydrogens is 366 g/mol. The summed E-state index contributed by atoms with van der Waals surface area (Å²) in [4.78, 5) is 11.3. The maximum absolute atomic E-state index is 11.3. The molecule has 0 aromatic heterocycles. The Balaban J connectivity index is 1.69. The van der Waals surface area contributed by atoms with Gasteiger partial charge < -0.3 is 19.9 Å². The van der Waals surface area contributed by atoms with Crippen LogP contribution in [-0.4, -0.2) is 36.4 Å². The number of carboxylic acids is 1. The van der Waals surface area contributed by atoms with Crippen molar-refractivity contribution in [3.05, 3.63) is 59.1 Å². The third-order valence-corrected chi connectivity index (χ3v) is 4.27. The molecule has 0 fully saturated rings. The maximum atomic E-state index is 11.3. The Morgan fingerprint density at radius 1 is 1.11 bits per heavy atom. The van der Waals surface area contributed by atoms with Gasteiger partial charge in [0, 0.05) is 11.6 Å². The van der Waals surface area contributed by atoms with E-state index in [0.717, 1.165) is 37.2 Å². The van der Waals surface area contributed by atoms with E-state index in [2.05, 4.69) is 5.32 Å². The Morgan fingerprint density at radius 3 is 2.52 bits per heavy atom. The maximum Gasteiger partial charge on any atom is 0.347 e. The lowest BCUT2D eigenvalue weighted by Crippen LogP contribution is -2.38. The first-order chi connectivity index (χ1) is 12.9. The minimum absolute atomic E-state index is 0.578. The van der Waals surface area contributed by atoms with Gasteiger partial charge in [-0.3, -0.25) is 0 Å². The van der Waals surface area contributed by atoms with Gasteiger partial charge in [0.15, 0.2) is 5.60 Å². The third-order valence-electron chi connectivity index (χ3n) is 4.01. The van der Waals surface area contributed by atoms with E-state index in [-0.39, 0.29) is 0 Å². The van der Waals surface area contributed by atoms with Gasteiger partial charge in [0.1, 0.15) is 18.1 Å². The topological polar surface area (TPSA) is 67.8 Å². The molecule has 0 radical (unpaired) electrons. The molecule has 146 valence electrons. The number of aliphatic carboxylic acids is 1. The monoisotopic (exact) mass is 391 g/mol. The molecule has 2 N–H and O–H groups in total. The number of carboxylic acid groups (broad SMARTS) is 1. The molecule has 0 aliphatic heterocycles. The minimum atomic E-state index is -1.26. The van der Waals surface area contributed by atoms with E-state index in [0.29, 0.717) is 17.4 Å². The average molecular weight is 392 g/mol. The molecule has 0 spiro atoms. The molecule has 0 aliphatic carbocycles. The summed E-state index contributed by atoms with van der Waals surface area (Å²) in [5.41, 5.74) is -0.251. The number of halogens is 1. The largest absolute Gasteiger partial charge is 0.492 e. The molecule has 2 rings (SSSR count). The number of benzene rings is 2. The van der Waals surface area contributed by atoms with Crippen molar-refractivity contribution < 1.29 is 19.4 Å². The van der Waals surface area contributed by atoms with Gasteiger partial charge >= 0.3 is 5.97 Å². The molecule has 2 aromatic rings. The molecule has 0 unspecified atom stereocenters. The number of para-hydroxylation sites is 1. The Labute approximate surface area is 165 Å². The highest BCUT2D eigenvalue weighted by molar-refractivity contribution is 6.30. The zero-order valence-electron chi connectivity index (χ0n) is 15.7. The summed E-state index contributed by atoms with van der Waals surface area (Å²) in [7, 11) is 0. The number of hydrogen-bond donors (Lipinski definition) is 2. The summed E-state index contributed by atoms with van der Waals surface area (Å²) in [5, 5.41) is 13.3. The number of hydrogen-bond acceptors (Lipinski definition) is 4. The van der Waals surface area contributed by atoms with E-state index >= 15 is 0 Å². The van der Waals surface area contributed by atoms with Crippen LogP contribution in [0.25, 0.3) is 0 Å². The Kier molecular flexibility index (Phi) is 7.95. The van der Waals surface area contributed by atoms with Crippen LogP contribution in [0.3, 0.4) is 0 Å². The molecule has 2 aromatic carbocycles. The smallest absolute Gasteiger partial charge is 0.347 e. The van der Waals surface area contributed by atoms with Gasteiger partial charge in [-0.25, -0.2) is 4.79 Å². The van der Waals surface area contributed by atoms with Crippen LogP contribution in [-0.2, 0) is 11.2 Å². The van der Waals surface area contributed by atoms with Crippen molar-refractivity contribution in [2.75, 3.05) is 19.7 Å². The molecule has 0 atom stereocenters. The molecule has 0 amide bonds. The summed E-state index contributed by atoms with van der Waals surface area (Å²) in [5.74, 6) is 0.434. The summed E-state index contributed by atoms with van der Waals surface area (Å²) in [6.45, 7) is 5.25. The van der Waals surface area contributed by atoms with Crippen LogP contribution in [0.2, 0.25) is 5.02 Å². The number of carbonyl (C=O) groups is 1. The first-order valence-electron chi connectivity index (χ1n) is 8.98. The summed E-state index contributed by atoms with van der Waals surface area (Å²) >= 11 is 5.84. The van der Waals surface area contributed by atoms with E-state index in [1.54, 1.807) is 26.0 Å². The van der Waals surface area contributed by atoms with E-state index in [1.165, 1.54) is 0 Å². The highest BCUT2D eigenvalue weighted by Crippen LogP contribution is 2.24. The van der Waals surface area contributed by atoms with Gasteiger partial charge in [-0.2, -0.15) is 0 Å². The van der Waals surface area contributed by atoms with Gasteiger partial charge in [-0.1, -0.05) is 29.8 Å². The molecule has 0 saturated carbocycles. The predicted octanol–water partition coefficient (Wildman–Crippen LogP) is 4.18. The fraction of sp³-hybridized carbons (Fsp3) is 0.381. The second-order valence-corrected chi connectivity index (χ2v) is 7.12. The predicted molar refractivity (Wildman–Crippen MR) is 107 cm³/mol. The lowest BCUT2D eigenvalue weighted by atomic mass is 10.1. The Hall–Kier alpha value is -2.24. The zero-order chi connectivity index (χ0) is 19.7. The zero-order valence-corrected chi connectivity index (χ0v) is 16.5. The molecule has 6 heteroatoms. The Bertz CT molecular complexity index is 731. The van der Waals surface area contributed by atoms with Gasteiger partial charge in [-0.05, 0) is 69.1 Å². The van der Waals surface area contributed by atoms with E-state index in [9.17, 15) is 9.90 Å². The van der Waals surface area contributed by atoms with Crippen LogP contribution in [0.1, 0.15) is 25.8 Å². The first-order valence-corrected chi connectivity index (χ1v) is 9.36. The van der Waals surface area contributed by atoms with Crippen molar-refractivity contribution in [3.63, 3.8) is 0 Å². The Morgan fingerprint density at radius 2 is 1.81 bits per heavy atom. The van der Waals surface area contributed by atoms with Crippen LogP contribution < -0.4 is 14.8 Å². The lowest BCUT2D eigenvalue weighted by molar-refractivity contribution is -0.152. The highest BCUT2D eigenvalue weighted by atomic mass is 35.5. The van der Waals surface area contributed by atoms with Crippen molar-refractivity contribution in [1.82, 2.24) is 5.32 Å². The van der Waals surface area contributed by atoms with Crippen LogP contribution in [0.4, 0.5) is 0 Å². The summed E-state index contributed by atoms with van der Waals surface area (Å²) in [6, 6.07) is 14.9. The fourth-order valence-corrected chi connectivity index (χ4v) is 2.56. The normalized spacial score (nSPS) is 11.2. The standard InChI is InChI=1S/C21H26ClNO4/c1-21(2,20(24)25)27-19-8-4-3-6-16(19)7-5-13-23-14-15-26-18-11-9-17(22)10-12-18/h3-4,6,8-12,23H,5,7,13-15H2,1-2H3,(H,24,25). The summed E-state index contributed by atoms with van der Waals surface area (Å²) in [6.07, 6.45) is 1.71. The van der Waals surface area contributed by atoms with Crippen molar-refractivity contribution in [1.29, 1.82) is 0 Å². The molecule has 5 nitrogen and oxygen atoms in total. The number of aryl methyl sites for hydroxylation is 1. The number of rotatable bonds is 11. The highest BCUT2D eigenvalue weighted by Gasteiger charge is 2.29. The average Bonchev–Trinajstić information content (AvgIpc) is 2.63. The second-order valence-electron chi connectivity index (χ2n) is 6.68. The van der Waals surface area contributed by atoms with Gasteiger partial charge in [0.25, 0.3) is 0 Å². The van der Waals surface area contributed by atoms with E-state index < -0.39 is 11.6 Å². The van der Waals surface area contributed by atoms with Crippen molar-refractivity contribution >= 4 is 17.6 Å². The van der Waals surface area contributed by atoms with E-state index in [1.807, 2.05) is 36.4 Å². The van der Waals surface area contributed by atoms with Crippen molar-refractivity contribution in [2.24, 2.45) is 0 Å². The first kappa shape index (κ1) is 21.1. The fourth-order valence-electron chi connectivity index (χ4n) is 2.43. The number of nitrogens with one attached hydrogen (secondary N) is 1. The van der Waals surface area contributed by atoms with Gasteiger partial charge in [0.05, 0.1) is 0 Å². The SMILES string of the molecule is CC(C)(Oc1ccccc1CCCNCCOc1ccc(Cl)cc1)C(=O)O. The van der Waals surface area contributed by atoms with Crippen LogP contribution in [0.15, 0.2) is 48.5 Å². The van der Waals surface area contributed by atoms with Crippen molar-refractivity contribution in [2.45, 2.75) is 32.3 Å². The van der Waals surface area contributed by atoms with Crippen LogP contribution in [0.5, 0.6) is 11.5 Å². The van der Waals surface area contributed by atoms with Crippen molar-refractivity contribution in [3.8, 4) is 11.5 Å². The molecule has 0 bridgehead atoms. The number of ether oxygens (including phenoxy) is 2. The second kappa shape index (κ2) is 10.2. The van der Waals surface area contributed by atoms with Gasteiger partial charge in [-0.15, -0.1) is 0 Å². The molecule has 0 saturated heterocycles. The van der Waals surface area contributed by atoms with Crippen LogP contribution in [0, 0.1) is 0 Å². The summed E-state index contributed by atoms with van der Waals surface area (Å²) < 4.78 is 11.3. The third kappa shape index (κ3) is 7.12. The molecule has 27 heavy (non-hydrogen) atoms. The quantitative estimate of drug-likeness (QED) is 0.562. The lowest BCUT2D eigenvalue weighted by Gasteiger charge is -2.23. The van der Waals surface area contributed by atoms with Gasteiger partial charge in [0.2, 0.25) is 0 Å². The minimum Gasteiger partial charge on any atom is -0.492 e. The molecule has 0 heterocycles.